The largest absolute Gasteiger partial charge is 0.491 e. The van der Waals surface area contributed by atoms with Crippen LogP contribution in [0.25, 0.3) is 5.57 Å². The summed E-state index contributed by atoms with van der Waals surface area (Å²) in [5.41, 5.74) is 5.16. The fraction of sp³-hybridized carbons (Fsp3) is 0.391. The molecule has 3 rings (SSSR count). The molecule has 27 heavy (non-hydrogen) atoms. The topological polar surface area (TPSA) is 27.7 Å². The molecule has 0 N–H and O–H groups in total. The molecule has 2 aromatic rings. The first-order valence-corrected chi connectivity index (χ1v) is 9.55. The molecule has 0 atom stereocenters. The zero-order valence-electron chi connectivity index (χ0n) is 15.9. The third kappa shape index (κ3) is 5.33. The lowest BCUT2D eigenvalue weighted by Gasteiger charge is -2.21. The van der Waals surface area contributed by atoms with Crippen molar-refractivity contribution < 1.29 is 18.6 Å². The maximum absolute atomic E-state index is 12.3. The van der Waals surface area contributed by atoms with Crippen molar-refractivity contribution in [2.24, 2.45) is 0 Å². The Morgan fingerprint density at radius 3 is 1.89 bits per heavy atom. The zero-order chi connectivity index (χ0) is 18.9. The monoisotopic (exact) mass is 370 g/mol. The summed E-state index contributed by atoms with van der Waals surface area (Å²) in [6, 6.07) is 16.2. The number of allylic oxidation sites excluding steroid dienone is 1. The van der Waals surface area contributed by atoms with Gasteiger partial charge in [-0.25, -0.2) is 4.39 Å². The maximum Gasteiger partial charge on any atom is 0.188 e. The number of methoxy groups -OCH3 is 1. The summed E-state index contributed by atoms with van der Waals surface area (Å²) < 4.78 is 28.2. The van der Waals surface area contributed by atoms with E-state index in [2.05, 4.69) is 24.3 Å². The number of halogens is 1. The van der Waals surface area contributed by atoms with Gasteiger partial charge in [-0.05, 0) is 66.6 Å². The van der Waals surface area contributed by atoms with Crippen molar-refractivity contribution in [1.29, 1.82) is 0 Å². The molecule has 0 aliphatic heterocycles. The Bertz CT molecular complexity index is 674. The molecular weight excluding hydrogens is 343 g/mol. The van der Waals surface area contributed by atoms with Gasteiger partial charge in [-0.15, -0.1) is 0 Å². The van der Waals surface area contributed by atoms with Crippen LogP contribution < -0.4 is 9.47 Å². The van der Waals surface area contributed by atoms with E-state index in [1.54, 1.807) is 7.11 Å². The molecule has 0 bridgehead atoms. The van der Waals surface area contributed by atoms with Gasteiger partial charge < -0.3 is 14.2 Å². The predicted molar refractivity (Wildman–Crippen MR) is 106 cm³/mol. The fourth-order valence-corrected chi connectivity index (χ4v) is 3.52. The highest BCUT2D eigenvalue weighted by molar-refractivity contribution is 5.82. The smallest absolute Gasteiger partial charge is 0.188 e. The number of hydrogen-bond donors (Lipinski definition) is 0. The highest BCUT2D eigenvalue weighted by Crippen LogP contribution is 2.36. The standard InChI is InChI=1S/C23H27FO3/c1-25-17-27-22-13-9-20(10-14-22)23(18-5-3-2-4-6-18)19-7-11-21(12-8-19)26-16-15-24/h7-14H,2-6,15-17H2,1H3. The molecule has 144 valence electrons. The minimum atomic E-state index is -0.478. The Morgan fingerprint density at radius 1 is 0.815 bits per heavy atom. The second kappa shape index (κ2) is 10.1. The van der Waals surface area contributed by atoms with Crippen LogP contribution in [-0.2, 0) is 4.74 Å². The van der Waals surface area contributed by atoms with Gasteiger partial charge in [0.15, 0.2) is 6.79 Å². The van der Waals surface area contributed by atoms with E-state index in [9.17, 15) is 4.39 Å². The molecule has 0 amide bonds. The summed E-state index contributed by atoms with van der Waals surface area (Å²) >= 11 is 0. The zero-order valence-corrected chi connectivity index (χ0v) is 15.9. The second-order valence-corrected chi connectivity index (χ2v) is 6.68. The van der Waals surface area contributed by atoms with Crippen molar-refractivity contribution in [3.8, 4) is 11.5 Å². The molecule has 2 aromatic carbocycles. The molecule has 1 aliphatic rings. The van der Waals surface area contributed by atoms with Crippen molar-refractivity contribution >= 4 is 5.57 Å². The fourth-order valence-electron chi connectivity index (χ4n) is 3.52. The van der Waals surface area contributed by atoms with Crippen LogP contribution in [0, 0.1) is 0 Å². The predicted octanol–water partition coefficient (Wildman–Crippen LogP) is 5.78. The van der Waals surface area contributed by atoms with E-state index in [4.69, 9.17) is 14.2 Å². The number of alkyl halides is 1. The van der Waals surface area contributed by atoms with Gasteiger partial charge >= 0.3 is 0 Å². The second-order valence-electron chi connectivity index (χ2n) is 6.68. The van der Waals surface area contributed by atoms with E-state index < -0.39 is 6.67 Å². The van der Waals surface area contributed by atoms with Gasteiger partial charge in [0.05, 0.1) is 0 Å². The number of ether oxygens (including phenoxy) is 3. The Balaban J connectivity index is 1.90. The van der Waals surface area contributed by atoms with Crippen LogP contribution in [0.5, 0.6) is 11.5 Å². The lowest BCUT2D eigenvalue weighted by molar-refractivity contribution is 0.0511. The first-order chi connectivity index (χ1) is 13.3. The van der Waals surface area contributed by atoms with Crippen LogP contribution in [0.1, 0.15) is 43.2 Å². The van der Waals surface area contributed by atoms with Gasteiger partial charge in [0.2, 0.25) is 0 Å². The van der Waals surface area contributed by atoms with E-state index in [-0.39, 0.29) is 13.4 Å². The molecule has 0 radical (unpaired) electrons. The first kappa shape index (κ1) is 19.4. The minimum absolute atomic E-state index is 0.0935. The van der Waals surface area contributed by atoms with Gasteiger partial charge in [-0.1, -0.05) is 36.3 Å². The first-order valence-electron chi connectivity index (χ1n) is 9.55. The molecule has 0 heterocycles. The summed E-state index contributed by atoms with van der Waals surface area (Å²) in [5.74, 6) is 1.50. The normalized spacial score (nSPS) is 14.1. The molecule has 3 nitrogen and oxygen atoms in total. The summed E-state index contributed by atoms with van der Waals surface area (Å²) in [4.78, 5) is 0. The minimum Gasteiger partial charge on any atom is -0.491 e. The van der Waals surface area contributed by atoms with E-state index in [1.807, 2.05) is 24.3 Å². The quantitative estimate of drug-likeness (QED) is 0.551. The SMILES string of the molecule is COCOc1ccc(C(=C2CCCCC2)c2ccc(OCCF)cc2)cc1. The molecule has 1 saturated carbocycles. The van der Waals surface area contributed by atoms with Crippen LogP contribution >= 0.6 is 0 Å². The Morgan fingerprint density at radius 2 is 1.37 bits per heavy atom. The number of rotatable bonds is 8. The Kier molecular flexibility index (Phi) is 7.28. The highest BCUT2D eigenvalue weighted by atomic mass is 19.1. The molecule has 0 spiro atoms. The summed E-state index contributed by atoms with van der Waals surface area (Å²) in [5, 5.41) is 0. The maximum atomic E-state index is 12.3. The van der Waals surface area contributed by atoms with E-state index in [0.29, 0.717) is 5.75 Å². The lowest BCUT2D eigenvalue weighted by Crippen LogP contribution is -2.02. The number of hydrogen-bond acceptors (Lipinski definition) is 3. The van der Waals surface area contributed by atoms with Crippen LogP contribution in [0.2, 0.25) is 0 Å². The molecule has 4 heteroatoms. The van der Waals surface area contributed by atoms with Crippen molar-refractivity contribution in [3.05, 3.63) is 65.2 Å². The van der Waals surface area contributed by atoms with Crippen LogP contribution in [0.3, 0.4) is 0 Å². The molecule has 1 aliphatic carbocycles. The van der Waals surface area contributed by atoms with Crippen LogP contribution in [0.4, 0.5) is 4.39 Å². The average molecular weight is 370 g/mol. The molecule has 0 unspecified atom stereocenters. The average Bonchev–Trinajstić information content (AvgIpc) is 2.73. The van der Waals surface area contributed by atoms with Gasteiger partial charge in [0.1, 0.15) is 24.8 Å². The Hall–Kier alpha value is -2.33. The van der Waals surface area contributed by atoms with Crippen molar-refractivity contribution in [1.82, 2.24) is 0 Å². The third-order valence-corrected chi connectivity index (χ3v) is 4.79. The molecule has 1 fully saturated rings. The van der Waals surface area contributed by atoms with Crippen molar-refractivity contribution in [2.75, 3.05) is 27.2 Å². The molecule has 0 aromatic heterocycles. The summed E-state index contributed by atoms with van der Waals surface area (Å²) in [6.07, 6.45) is 6.06. The van der Waals surface area contributed by atoms with Gasteiger partial charge in [0, 0.05) is 7.11 Å². The number of benzene rings is 2. The van der Waals surface area contributed by atoms with Crippen LogP contribution in [0.15, 0.2) is 54.1 Å². The van der Waals surface area contributed by atoms with Crippen LogP contribution in [-0.4, -0.2) is 27.2 Å². The molecular formula is C23H27FO3. The van der Waals surface area contributed by atoms with Crippen molar-refractivity contribution in [3.63, 3.8) is 0 Å². The van der Waals surface area contributed by atoms with E-state index in [1.165, 1.54) is 41.5 Å². The third-order valence-electron chi connectivity index (χ3n) is 4.79. The van der Waals surface area contributed by atoms with Gasteiger partial charge in [-0.2, -0.15) is 0 Å². The Labute approximate surface area is 160 Å². The van der Waals surface area contributed by atoms with Gasteiger partial charge in [0.25, 0.3) is 0 Å². The molecule has 0 saturated heterocycles. The summed E-state index contributed by atoms with van der Waals surface area (Å²) in [7, 11) is 1.61. The van der Waals surface area contributed by atoms with E-state index in [0.717, 1.165) is 18.6 Å². The summed E-state index contributed by atoms with van der Waals surface area (Å²) in [6.45, 7) is -0.140. The van der Waals surface area contributed by atoms with Crippen molar-refractivity contribution in [2.45, 2.75) is 32.1 Å². The van der Waals surface area contributed by atoms with Gasteiger partial charge in [-0.3, -0.25) is 0 Å². The highest BCUT2D eigenvalue weighted by Gasteiger charge is 2.15. The van der Waals surface area contributed by atoms with E-state index >= 15 is 0 Å². The lowest BCUT2D eigenvalue weighted by atomic mass is 9.85.